The summed E-state index contributed by atoms with van der Waals surface area (Å²) in [6, 6.07) is 16.6. The van der Waals surface area contributed by atoms with Gasteiger partial charge in [0.1, 0.15) is 5.56 Å². The third kappa shape index (κ3) is 4.43. The Labute approximate surface area is 155 Å². The van der Waals surface area contributed by atoms with Crippen LogP contribution in [0.25, 0.3) is 0 Å². The van der Waals surface area contributed by atoms with E-state index in [1.165, 1.54) is 5.56 Å². The molecule has 0 fully saturated rings. The summed E-state index contributed by atoms with van der Waals surface area (Å²) in [7, 11) is 0. The summed E-state index contributed by atoms with van der Waals surface area (Å²) in [5, 5.41) is 6.46. The van der Waals surface area contributed by atoms with Crippen molar-refractivity contribution in [1.82, 2.24) is 5.32 Å². The first-order valence-corrected chi connectivity index (χ1v) is 9.36. The lowest BCUT2D eigenvalue weighted by atomic mass is 10.1. The highest BCUT2D eigenvalue weighted by atomic mass is 32.2. The van der Waals surface area contributed by atoms with E-state index in [4.69, 9.17) is 0 Å². The molecule has 0 unspecified atom stereocenters. The van der Waals surface area contributed by atoms with Crippen LogP contribution in [0.5, 0.6) is 0 Å². The molecule has 0 saturated heterocycles. The maximum absolute atomic E-state index is 12.3. The van der Waals surface area contributed by atoms with Gasteiger partial charge in [0.05, 0.1) is 5.56 Å². The van der Waals surface area contributed by atoms with Crippen molar-refractivity contribution in [2.45, 2.75) is 5.75 Å². The zero-order chi connectivity index (χ0) is 18.4. The van der Waals surface area contributed by atoms with Gasteiger partial charge in [0, 0.05) is 23.2 Å². The Morgan fingerprint density at radius 3 is 2.46 bits per heavy atom. The van der Waals surface area contributed by atoms with E-state index >= 15 is 0 Å². The van der Waals surface area contributed by atoms with Gasteiger partial charge in [-0.25, -0.2) is 4.79 Å². The maximum atomic E-state index is 12.3. The Morgan fingerprint density at radius 2 is 1.69 bits per heavy atom. The van der Waals surface area contributed by atoms with E-state index in [-0.39, 0.29) is 23.6 Å². The zero-order valence-corrected chi connectivity index (χ0v) is 14.9. The highest BCUT2D eigenvalue weighted by Gasteiger charge is 2.35. The van der Waals surface area contributed by atoms with Crippen LogP contribution in [0.1, 0.15) is 26.3 Å². The molecular weight excluding hydrogens is 350 g/mol. The number of thioether (sulfide) groups is 1. The average Bonchev–Trinajstić information content (AvgIpc) is 2.66. The summed E-state index contributed by atoms with van der Waals surface area (Å²) in [5.74, 6) is 0.352. The minimum absolute atomic E-state index is 0.262. The van der Waals surface area contributed by atoms with Crippen LogP contribution in [0.4, 0.5) is 0 Å². The van der Waals surface area contributed by atoms with Gasteiger partial charge in [-0.1, -0.05) is 42.5 Å². The molecule has 2 aromatic rings. The van der Waals surface area contributed by atoms with E-state index < -0.39 is 11.8 Å². The lowest BCUT2D eigenvalue weighted by Gasteiger charge is -2.08. The van der Waals surface area contributed by atoms with E-state index in [2.05, 4.69) is 22.6 Å². The van der Waals surface area contributed by atoms with Gasteiger partial charge in [0.2, 0.25) is 0 Å². The first-order valence-electron chi connectivity index (χ1n) is 8.20. The quantitative estimate of drug-likeness (QED) is 0.602. The number of carbonyl (C=O) groups excluding carboxylic acids is 3. The van der Waals surface area contributed by atoms with Crippen LogP contribution in [0.3, 0.4) is 0 Å². The first kappa shape index (κ1) is 18.0. The molecule has 132 valence electrons. The third-order valence-electron chi connectivity index (χ3n) is 3.81. The van der Waals surface area contributed by atoms with Gasteiger partial charge in [0.15, 0.2) is 0 Å². The van der Waals surface area contributed by atoms with Gasteiger partial charge in [-0.15, -0.1) is 0 Å². The number of nitrogens with zero attached hydrogens (tertiary/aromatic N) is 2. The monoisotopic (exact) mass is 368 g/mol. The Kier molecular flexibility index (Phi) is 5.91. The number of fused-ring (bicyclic) bond motifs is 1. The number of amides is 3. The van der Waals surface area contributed by atoms with Crippen LogP contribution < -0.4 is 5.32 Å². The molecule has 3 amide bonds. The van der Waals surface area contributed by atoms with E-state index in [1.54, 1.807) is 36.0 Å². The highest BCUT2D eigenvalue weighted by Crippen LogP contribution is 2.16. The second kappa shape index (κ2) is 8.53. The summed E-state index contributed by atoms with van der Waals surface area (Å²) >= 11 is 1.71. The maximum Gasteiger partial charge on any atom is 0.445 e. The molecule has 1 N–H and O–H groups in total. The molecule has 26 heavy (non-hydrogen) atoms. The Hall–Kier alpha value is -2.80. The smallest absolute Gasteiger partial charge is 0.350 e. The van der Waals surface area contributed by atoms with Crippen molar-refractivity contribution in [2.75, 3.05) is 18.8 Å². The zero-order valence-electron chi connectivity index (χ0n) is 14.1. The van der Waals surface area contributed by atoms with Crippen LogP contribution >= 0.6 is 11.8 Å². The molecule has 6 nitrogen and oxygen atoms in total. The summed E-state index contributed by atoms with van der Waals surface area (Å²) < 4.78 is 0.928. The molecule has 0 aromatic heterocycles. The molecule has 0 saturated carbocycles. The normalized spacial score (nSPS) is 13.2. The standard InChI is InChI=1S/C19H17N3O3S/c23-17(20-10-11-26-13-14-6-2-1-3-7-14)12-22-19(25)16-9-5-4-8-15(16)18(24)21-22/h1-9H,10-13H2/p+1. The van der Waals surface area contributed by atoms with Crippen molar-refractivity contribution in [1.29, 1.82) is 0 Å². The summed E-state index contributed by atoms with van der Waals surface area (Å²) in [6.07, 6.45) is 0. The molecule has 1 aliphatic heterocycles. The minimum atomic E-state index is -0.508. The fraction of sp³-hybridized carbons (Fsp3) is 0.211. The Bertz CT molecular complexity index is 865. The molecule has 0 aliphatic carbocycles. The van der Waals surface area contributed by atoms with Crippen molar-refractivity contribution in [3.05, 3.63) is 71.3 Å². The predicted octanol–water partition coefficient (Wildman–Crippen LogP) is 2.49. The number of hydrogen-bond donors (Lipinski definition) is 1. The minimum Gasteiger partial charge on any atom is -0.350 e. The van der Waals surface area contributed by atoms with Gasteiger partial charge in [0.25, 0.3) is 12.5 Å². The molecule has 0 atom stereocenters. The second-order valence-electron chi connectivity index (χ2n) is 5.70. The SMILES string of the molecule is O=C(C[N+]1=NC(=O)c2ccccc2C1=O)NCCSCc1ccccc1. The Balaban J connectivity index is 1.45. The molecular formula is C19H18N3O3S+. The number of nitrogens with one attached hydrogen (secondary N) is 1. The lowest BCUT2D eigenvalue weighted by molar-refractivity contribution is -0.483. The molecule has 1 aliphatic rings. The molecule has 1 heterocycles. The van der Waals surface area contributed by atoms with Gasteiger partial charge in [-0.05, 0) is 22.4 Å². The molecule has 0 bridgehead atoms. The molecule has 3 rings (SSSR count). The third-order valence-corrected chi connectivity index (χ3v) is 4.84. The predicted molar refractivity (Wildman–Crippen MR) is 98.3 cm³/mol. The van der Waals surface area contributed by atoms with E-state index in [0.29, 0.717) is 6.54 Å². The number of rotatable bonds is 7. The van der Waals surface area contributed by atoms with E-state index in [1.807, 2.05) is 18.2 Å². The van der Waals surface area contributed by atoms with Gasteiger partial charge < -0.3 is 5.32 Å². The number of benzene rings is 2. The van der Waals surface area contributed by atoms with Gasteiger partial charge in [-0.3, -0.25) is 9.59 Å². The van der Waals surface area contributed by atoms with E-state index in [0.717, 1.165) is 16.2 Å². The van der Waals surface area contributed by atoms with Crippen molar-refractivity contribution in [2.24, 2.45) is 5.11 Å². The summed E-state index contributed by atoms with van der Waals surface area (Å²) in [4.78, 5) is 36.3. The fourth-order valence-electron chi connectivity index (χ4n) is 2.53. The van der Waals surface area contributed by atoms with Crippen molar-refractivity contribution < 1.29 is 19.1 Å². The molecule has 2 aromatic carbocycles. The second-order valence-corrected chi connectivity index (χ2v) is 6.81. The van der Waals surface area contributed by atoms with Crippen LogP contribution in [-0.2, 0) is 10.5 Å². The topological polar surface area (TPSA) is 78.6 Å². The van der Waals surface area contributed by atoms with Crippen LogP contribution in [0.2, 0.25) is 0 Å². The lowest BCUT2D eigenvalue weighted by Crippen LogP contribution is -2.37. The molecule has 0 radical (unpaired) electrons. The molecule has 7 heteroatoms. The Morgan fingerprint density at radius 1 is 1.00 bits per heavy atom. The van der Waals surface area contributed by atoms with Crippen LogP contribution in [0, 0.1) is 0 Å². The van der Waals surface area contributed by atoms with Gasteiger partial charge >= 0.3 is 11.8 Å². The fourth-order valence-corrected chi connectivity index (χ4v) is 3.35. The summed E-state index contributed by atoms with van der Waals surface area (Å²) in [5.41, 5.74) is 1.78. The first-order chi connectivity index (χ1) is 12.6. The van der Waals surface area contributed by atoms with Crippen molar-refractivity contribution in [3.63, 3.8) is 0 Å². The summed E-state index contributed by atoms with van der Waals surface area (Å²) in [6.45, 7) is 0.227. The van der Waals surface area contributed by atoms with Crippen molar-refractivity contribution in [3.8, 4) is 0 Å². The number of carbonyl (C=O) groups is 3. The highest BCUT2D eigenvalue weighted by molar-refractivity contribution is 7.98. The van der Waals surface area contributed by atoms with Crippen molar-refractivity contribution >= 4 is 29.5 Å². The number of azo groups is 2. The van der Waals surface area contributed by atoms with Gasteiger partial charge in [-0.2, -0.15) is 11.8 Å². The number of hydrogen-bond acceptors (Lipinski definition) is 4. The largest absolute Gasteiger partial charge is 0.445 e. The van der Waals surface area contributed by atoms with E-state index in [9.17, 15) is 14.4 Å². The van der Waals surface area contributed by atoms with Crippen LogP contribution in [-0.4, -0.2) is 41.3 Å². The van der Waals surface area contributed by atoms with Crippen LogP contribution in [0.15, 0.2) is 59.7 Å². The molecule has 0 spiro atoms. The average molecular weight is 368 g/mol.